The van der Waals surface area contributed by atoms with Gasteiger partial charge in [0.05, 0.1) is 11.7 Å². The first-order valence-corrected chi connectivity index (χ1v) is 9.12. The van der Waals surface area contributed by atoms with E-state index in [9.17, 15) is 23.1 Å². The van der Waals surface area contributed by atoms with Crippen LogP contribution in [0.4, 0.5) is 13.2 Å². The normalized spacial score (nSPS) is 18.8. The van der Waals surface area contributed by atoms with Crippen LogP contribution in [0.15, 0.2) is 42.6 Å². The zero-order chi connectivity index (χ0) is 20.1. The number of halogens is 3. The summed E-state index contributed by atoms with van der Waals surface area (Å²) in [4.78, 5) is 15.6. The molecule has 0 saturated carbocycles. The van der Waals surface area contributed by atoms with Crippen LogP contribution >= 0.6 is 0 Å². The molecule has 3 N–H and O–H groups in total. The minimum atomic E-state index is -3.27. The zero-order valence-electron chi connectivity index (χ0n) is 15.1. The highest BCUT2D eigenvalue weighted by atomic mass is 19.3. The fourth-order valence-corrected chi connectivity index (χ4v) is 3.27. The molecule has 0 bridgehead atoms. The number of amides is 1. The van der Waals surface area contributed by atoms with Crippen LogP contribution < -0.4 is 10.6 Å². The SMILES string of the molecule is O=C(N[C@H](CF)C(O)c1ccc(-c2ccc(C3CCCN3)nc2)cc1)C(F)F. The lowest BCUT2D eigenvalue weighted by atomic mass is 9.99. The van der Waals surface area contributed by atoms with Crippen LogP contribution in [0.1, 0.15) is 36.2 Å². The minimum absolute atomic E-state index is 0.285. The maximum atomic E-state index is 13.1. The minimum Gasteiger partial charge on any atom is -0.386 e. The number of aliphatic hydroxyl groups excluding tert-OH is 1. The molecular formula is C20H22F3N3O2. The van der Waals surface area contributed by atoms with Gasteiger partial charge in [0, 0.05) is 17.8 Å². The topological polar surface area (TPSA) is 74.2 Å². The number of aromatic nitrogens is 1. The van der Waals surface area contributed by atoms with Crippen molar-refractivity contribution >= 4 is 5.91 Å². The van der Waals surface area contributed by atoms with Gasteiger partial charge in [-0.1, -0.05) is 30.3 Å². The van der Waals surface area contributed by atoms with Crippen molar-refractivity contribution in [3.63, 3.8) is 0 Å². The summed E-state index contributed by atoms with van der Waals surface area (Å²) in [6.07, 6.45) is -0.727. The highest BCUT2D eigenvalue weighted by Gasteiger charge is 2.26. The fourth-order valence-electron chi connectivity index (χ4n) is 3.27. The number of hydrogen-bond donors (Lipinski definition) is 3. The van der Waals surface area contributed by atoms with E-state index in [4.69, 9.17) is 0 Å². The molecule has 2 unspecified atom stereocenters. The molecular weight excluding hydrogens is 371 g/mol. The number of rotatable bonds is 7. The van der Waals surface area contributed by atoms with E-state index in [2.05, 4.69) is 10.3 Å². The molecule has 2 heterocycles. The summed E-state index contributed by atoms with van der Waals surface area (Å²) < 4.78 is 37.8. The van der Waals surface area contributed by atoms with Gasteiger partial charge in [0.2, 0.25) is 0 Å². The Morgan fingerprint density at radius 1 is 1.21 bits per heavy atom. The van der Waals surface area contributed by atoms with E-state index >= 15 is 0 Å². The molecule has 8 heteroatoms. The van der Waals surface area contributed by atoms with E-state index in [0.717, 1.165) is 36.2 Å². The number of nitrogens with one attached hydrogen (secondary N) is 2. The van der Waals surface area contributed by atoms with Gasteiger partial charge < -0.3 is 15.7 Å². The lowest BCUT2D eigenvalue weighted by Gasteiger charge is -2.22. The first-order valence-electron chi connectivity index (χ1n) is 9.12. The first kappa shape index (κ1) is 20.3. The molecule has 1 amide bonds. The van der Waals surface area contributed by atoms with Crippen molar-refractivity contribution in [3.05, 3.63) is 53.9 Å². The third kappa shape index (κ3) is 4.69. The van der Waals surface area contributed by atoms with Crippen LogP contribution in [0.5, 0.6) is 0 Å². The summed E-state index contributed by atoms with van der Waals surface area (Å²) in [5, 5.41) is 15.4. The average Bonchev–Trinajstić information content (AvgIpc) is 3.26. The second-order valence-corrected chi connectivity index (χ2v) is 6.76. The number of nitrogens with zero attached hydrogens (tertiary/aromatic N) is 1. The molecule has 1 aliphatic heterocycles. The van der Waals surface area contributed by atoms with E-state index in [1.165, 1.54) is 0 Å². The molecule has 1 saturated heterocycles. The van der Waals surface area contributed by atoms with Gasteiger partial charge in [0.1, 0.15) is 12.8 Å². The molecule has 5 nitrogen and oxygen atoms in total. The van der Waals surface area contributed by atoms with Crippen molar-refractivity contribution < 1.29 is 23.1 Å². The van der Waals surface area contributed by atoms with E-state index in [0.29, 0.717) is 5.56 Å². The van der Waals surface area contributed by atoms with Crippen molar-refractivity contribution in [1.82, 2.24) is 15.6 Å². The summed E-state index contributed by atoms with van der Waals surface area (Å²) >= 11 is 0. The summed E-state index contributed by atoms with van der Waals surface area (Å²) in [6, 6.07) is 9.38. The second-order valence-electron chi connectivity index (χ2n) is 6.76. The van der Waals surface area contributed by atoms with Gasteiger partial charge >= 0.3 is 6.43 Å². The monoisotopic (exact) mass is 393 g/mol. The lowest BCUT2D eigenvalue weighted by Crippen LogP contribution is -2.43. The predicted octanol–water partition coefficient (Wildman–Crippen LogP) is 2.93. The number of carbonyl (C=O) groups is 1. The Bertz CT molecular complexity index is 778. The number of carbonyl (C=O) groups excluding carboxylic acids is 1. The standard InChI is InChI=1S/C20H22F3N3O2/c21-10-17(26-20(28)19(22)23)18(27)13-5-3-12(4-6-13)14-7-8-16(25-11-14)15-2-1-9-24-15/h3-8,11,15,17-19,24,27H,1-2,9-10H2,(H,26,28)/t15?,17-,18?/m1/s1. The Kier molecular flexibility index (Phi) is 6.64. The van der Waals surface area contributed by atoms with Crippen LogP contribution in [0.25, 0.3) is 11.1 Å². The highest BCUT2D eigenvalue weighted by Crippen LogP contribution is 2.26. The van der Waals surface area contributed by atoms with Crippen LogP contribution in [-0.2, 0) is 4.79 Å². The van der Waals surface area contributed by atoms with E-state index < -0.39 is 31.2 Å². The maximum Gasteiger partial charge on any atom is 0.315 e. The number of aliphatic hydroxyl groups is 1. The molecule has 1 aliphatic rings. The Hall–Kier alpha value is -2.45. The van der Waals surface area contributed by atoms with Gasteiger partial charge in [-0.15, -0.1) is 0 Å². The van der Waals surface area contributed by atoms with E-state index in [1.54, 1.807) is 30.5 Å². The quantitative estimate of drug-likeness (QED) is 0.676. The van der Waals surface area contributed by atoms with Crippen LogP contribution in [0.2, 0.25) is 0 Å². The molecule has 0 spiro atoms. The van der Waals surface area contributed by atoms with Gasteiger partial charge in [0.15, 0.2) is 0 Å². The molecule has 3 atom stereocenters. The Labute approximate surface area is 161 Å². The maximum absolute atomic E-state index is 13.1. The van der Waals surface area contributed by atoms with Gasteiger partial charge in [-0.3, -0.25) is 9.78 Å². The third-order valence-corrected chi connectivity index (χ3v) is 4.86. The van der Waals surface area contributed by atoms with Crippen molar-refractivity contribution in [2.45, 2.75) is 37.5 Å². The summed E-state index contributed by atoms with van der Waals surface area (Å²) in [6.45, 7) is -0.169. The van der Waals surface area contributed by atoms with Gasteiger partial charge in [-0.05, 0) is 36.6 Å². The molecule has 3 rings (SSSR count). The number of benzene rings is 1. The number of hydrogen-bond acceptors (Lipinski definition) is 4. The van der Waals surface area contributed by atoms with Crippen LogP contribution in [0.3, 0.4) is 0 Å². The Morgan fingerprint density at radius 3 is 2.46 bits per heavy atom. The molecule has 150 valence electrons. The van der Waals surface area contributed by atoms with Crippen molar-refractivity contribution in [1.29, 1.82) is 0 Å². The van der Waals surface area contributed by atoms with E-state index in [1.807, 2.05) is 17.4 Å². The molecule has 1 fully saturated rings. The molecule has 2 aromatic rings. The van der Waals surface area contributed by atoms with Crippen molar-refractivity contribution in [2.24, 2.45) is 0 Å². The van der Waals surface area contributed by atoms with Crippen molar-refractivity contribution in [2.75, 3.05) is 13.2 Å². The molecule has 0 aliphatic carbocycles. The second kappa shape index (κ2) is 9.16. The van der Waals surface area contributed by atoms with E-state index in [-0.39, 0.29) is 6.04 Å². The first-order chi connectivity index (χ1) is 13.5. The third-order valence-electron chi connectivity index (χ3n) is 4.86. The van der Waals surface area contributed by atoms with Crippen LogP contribution in [0, 0.1) is 0 Å². The van der Waals surface area contributed by atoms with Gasteiger partial charge in [-0.2, -0.15) is 8.78 Å². The lowest BCUT2D eigenvalue weighted by molar-refractivity contribution is -0.133. The molecule has 0 radical (unpaired) electrons. The summed E-state index contributed by atoms with van der Waals surface area (Å²) in [7, 11) is 0. The summed E-state index contributed by atoms with van der Waals surface area (Å²) in [5.74, 6) is -1.61. The smallest absolute Gasteiger partial charge is 0.315 e. The Balaban J connectivity index is 1.69. The molecule has 28 heavy (non-hydrogen) atoms. The number of alkyl halides is 3. The van der Waals surface area contributed by atoms with Crippen molar-refractivity contribution in [3.8, 4) is 11.1 Å². The van der Waals surface area contributed by atoms with Gasteiger partial charge in [-0.25, -0.2) is 4.39 Å². The van der Waals surface area contributed by atoms with Gasteiger partial charge in [0.25, 0.3) is 5.91 Å². The molecule has 1 aromatic carbocycles. The molecule has 1 aromatic heterocycles. The largest absolute Gasteiger partial charge is 0.386 e. The zero-order valence-corrected chi connectivity index (χ0v) is 15.1. The highest BCUT2D eigenvalue weighted by molar-refractivity contribution is 5.79. The average molecular weight is 393 g/mol. The number of pyridine rings is 1. The summed E-state index contributed by atoms with van der Waals surface area (Å²) in [5.41, 5.74) is 3.05. The Morgan fingerprint density at radius 2 is 1.93 bits per heavy atom. The fraction of sp³-hybridized carbons (Fsp3) is 0.400. The van der Waals surface area contributed by atoms with Crippen LogP contribution in [-0.4, -0.2) is 41.7 Å². The predicted molar refractivity (Wildman–Crippen MR) is 98.5 cm³/mol.